The van der Waals surface area contributed by atoms with Crippen LogP contribution in [-0.2, 0) is 9.59 Å². The predicted molar refractivity (Wildman–Crippen MR) is 125 cm³/mol. The highest BCUT2D eigenvalue weighted by Crippen LogP contribution is 2.40. The third-order valence-electron chi connectivity index (χ3n) is 8.09. The maximum absolute atomic E-state index is 14.0. The number of imide groups is 1. The van der Waals surface area contributed by atoms with E-state index in [0.717, 1.165) is 50.5 Å². The fourth-order valence-electron chi connectivity index (χ4n) is 6.07. The molecule has 4 unspecified atom stereocenters. The van der Waals surface area contributed by atoms with Crippen molar-refractivity contribution < 1.29 is 27.5 Å². The van der Waals surface area contributed by atoms with Crippen LogP contribution in [-0.4, -0.2) is 79.3 Å². The predicted octanol–water partition coefficient (Wildman–Crippen LogP) is 3.73. The van der Waals surface area contributed by atoms with Gasteiger partial charge in [-0.25, -0.2) is 13.2 Å². The summed E-state index contributed by atoms with van der Waals surface area (Å²) in [7, 11) is 0. The molecule has 5 rings (SSSR count). The number of halogens is 3. The van der Waals surface area contributed by atoms with Crippen molar-refractivity contribution in [2.45, 2.75) is 63.4 Å². The molecule has 2 amide bonds. The zero-order valence-electron chi connectivity index (χ0n) is 20.0. The Morgan fingerprint density at radius 1 is 0.886 bits per heavy atom. The number of hydrogen-bond acceptors (Lipinski definition) is 5. The molecule has 2 saturated carbocycles. The van der Waals surface area contributed by atoms with E-state index in [4.69, 9.17) is 4.74 Å². The lowest BCUT2D eigenvalue weighted by Crippen LogP contribution is -2.47. The molecule has 6 nitrogen and oxygen atoms in total. The number of piperazine rings is 1. The summed E-state index contributed by atoms with van der Waals surface area (Å²) >= 11 is 0. The molecule has 35 heavy (non-hydrogen) atoms. The van der Waals surface area contributed by atoms with E-state index < -0.39 is 24.2 Å². The minimum absolute atomic E-state index is 0.193. The van der Waals surface area contributed by atoms with Gasteiger partial charge in [-0.2, -0.15) is 0 Å². The first-order chi connectivity index (χ1) is 16.9. The average molecular weight is 494 g/mol. The molecule has 0 N–H and O–H groups in total. The Bertz CT molecular complexity index is 906. The molecule has 2 aliphatic carbocycles. The smallest absolute Gasteiger partial charge is 0.233 e. The number of rotatable bonds is 7. The second-order valence-electron chi connectivity index (χ2n) is 10.4. The molecule has 192 valence electrons. The molecular formula is C26H34F3N3O3. The van der Waals surface area contributed by atoms with Gasteiger partial charge in [0.15, 0.2) is 0 Å². The van der Waals surface area contributed by atoms with Crippen molar-refractivity contribution in [2.24, 2.45) is 11.8 Å². The third-order valence-corrected chi connectivity index (χ3v) is 8.09. The molecule has 0 aromatic heterocycles. The lowest BCUT2D eigenvalue weighted by atomic mass is 9.79. The van der Waals surface area contributed by atoms with E-state index in [-0.39, 0.29) is 43.1 Å². The number of nitrogens with zero attached hydrogens (tertiary/aromatic N) is 3. The van der Waals surface area contributed by atoms with Crippen LogP contribution in [0.3, 0.4) is 0 Å². The van der Waals surface area contributed by atoms with Gasteiger partial charge in [0.2, 0.25) is 11.8 Å². The number of carbonyl (C=O) groups excluding carboxylic acids is 2. The Kier molecular flexibility index (Phi) is 7.23. The van der Waals surface area contributed by atoms with Crippen molar-refractivity contribution in [3.8, 4) is 5.75 Å². The number of carbonyl (C=O) groups is 2. The zero-order valence-corrected chi connectivity index (χ0v) is 20.0. The normalized spacial score (nSPS) is 30.3. The van der Waals surface area contributed by atoms with Crippen LogP contribution in [0.15, 0.2) is 18.2 Å². The Morgan fingerprint density at radius 2 is 1.51 bits per heavy atom. The van der Waals surface area contributed by atoms with Gasteiger partial charge in [-0.15, -0.1) is 0 Å². The summed E-state index contributed by atoms with van der Waals surface area (Å²) < 4.78 is 47.7. The van der Waals surface area contributed by atoms with Crippen molar-refractivity contribution in [2.75, 3.05) is 44.2 Å². The summed E-state index contributed by atoms with van der Waals surface area (Å²) in [4.78, 5) is 30.9. The quantitative estimate of drug-likeness (QED) is 0.542. The molecule has 2 saturated heterocycles. The van der Waals surface area contributed by atoms with Gasteiger partial charge >= 0.3 is 0 Å². The fourth-order valence-corrected chi connectivity index (χ4v) is 6.07. The van der Waals surface area contributed by atoms with Crippen LogP contribution in [0.25, 0.3) is 0 Å². The van der Waals surface area contributed by atoms with E-state index in [9.17, 15) is 22.8 Å². The van der Waals surface area contributed by atoms with Gasteiger partial charge in [-0.1, -0.05) is 0 Å². The third kappa shape index (κ3) is 5.15. The number of amides is 2. The maximum Gasteiger partial charge on any atom is 0.233 e. The number of alkyl halides is 2. The van der Waals surface area contributed by atoms with Crippen LogP contribution in [0.5, 0.6) is 5.75 Å². The summed E-state index contributed by atoms with van der Waals surface area (Å²) in [6.07, 6.45) is 1.52. The van der Waals surface area contributed by atoms with Gasteiger partial charge in [0.05, 0.1) is 23.6 Å². The monoisotopic (exact) mass is 493 g/mol. The van der Waals surface area contributed by atoms with Crippen molar-refractivity contribution in [1.82, 2.24) is 9.80 Å². The molecule has 9 heteroatoms. The van der Waals surface area contributed by atoms with Crippen LogP contribution in [0, 0.1) is 17.7 Å². The standard InChI is InChI=1S/C26H34F3N3O3/c27-17-6-7-24(35-18-4-1-2-5-18)23(14-17)31-12-10-30(11-13-31)8-3-9-32-25(33)19-15-21(28)22(29)16-20(19)26(32)34/h6-7,14,18-22H,1-5,8-13,15-16H2. The van der Waals surface area contributed by atoms with Crippen LogP contribution in [0.2, 0.25) is 0 Å². The summed E-state index contributed by atoms with van der Waals surface area (Å²) in [5.41, 5.74) is 0.796. The molecule has 0 radical (unpaired) electrons. The molecule has 4 aliphatic rings. The topological polar surface area (TPSA) is 53.1 Å². The molecule has 2 aliphatic heterocycles. The number of fused-ring (bicyclic) bond motifs is 1. The Labute approximate surface area is 204 Å². The average Bonchev–Trinajstić information content (AvgIpc) is 3.44. The summed E-state index contributed by atoms with van der Waals surface area (Å²) in [5.74, 6) is -1.65. The van der Waals surface area contributed by atoms with Gasteiger partial charge in [-0.05, 0) is 63.6 Å². The molecular weight excluding hydrogens is 459 g/mol. The highest BCUT2D eigenvalue weighted by molar-refractivity contribution is 6.05. The fraction of sp³-hybridized carbons (Fsp3) is 0.692. The SMILES string of the molecule is O=C1C2CC(F)C(F)CC2C(=O)N1CCCN1CCN(c2cc(F)ccc2OC2CCCC2)CC1. The number of ether oxygens (including phenoxy) is 1. The highest BCUT2D eigenvalue weighted by atomic mass is 19.2. The molecule has 1 aromatic carbocycles. The summed E-state index contributed by atoms with van der Waals surface area (Å²) in [6, 6.07) is 4.73. The zero-order chi connectivity index (χ0) is 24.5. The van der Waals surface area contributed by atoms with Crippen LogP contribution in [0.1, 0.15) is 44.9 Å². The van der Waals surface area contributed by atoms with Crippen molar-refractivity contribution >= 4 is 17.5 Å². The number of benzene rings is 1. The first kappa shape index (κ1) is 24.4. The Balaban J connectivity index is 1.11. The van der Waals surface area contributed by atoms with Gasteiger partial charge < -0.3 is 9.64 Å². The van der Waals surface area contributed by atoms with Crippen molar-refractivity contribution in [1.29, 1.82) is 0 Å². The van der Waals surface area contributed by atoms with E-state index in [0.29, 0.717) is 13.0 Å². The van der Waals surface area contributed by atoms with Gasteiger partial charge in [-0.3, -0.25) is 19.4 Å². The van der Waals surface area contributed by atoms with E-state index in [1.165, 1.54) is 23.8 Å². The lowest BCUT2D eigenvalue weighted by Gasteiger charge is -2.37. The van der Waals surface area contributed by atoms with Crippen molar-refractivity contribution in [3.63, 3.8) is 0 Å². The first-order valence-electron chi connectivity index (χ1n) is 13.0. The molecule has 4 atom stereocenters. The number of hydrogen-bond donors (Lipinski definition) is 0. The summed E-state index contributed by atoms with van der Waals surface area (Å²) in [5, 5.41) is 0. The van der Waals surface area contributed by atoms with E-state index in [2.05, 4.69) is 9.80 Å². The van der Waals surface area contributed by atoms with Gasteiger partial charge in [0.25, 0.3) is 0 Å². The van der Waals surface area contributed by atoms with Gasteiger partial charge in [0.1, 0.15) is 23.9 Å². The van der Waals surface area contributed by atoms with E-state index in [1.807, 2.05) is 0 Å². The van der Waals surface area contributed by atoms with E-state index >= 15 is 0 Å². The minimum Gasteiger partial charge on any atom is -0.488 e. The van der Waals surface area contributed by atoms with Crippen molar-refractivity contribution in [3.05, 3.63) is 24.0 Å². The number of likely N-dealkylation sites (tertiary alicyclic amines) is 1. The second kappa shape index (κ2) is 10.4. The Morgan fingerprint density at radius 3 is 2.14 bits per heavy atom. The maximum atomic E-state index is 14.0. The number of anilines is 1. The molecule has 0 spiro atoms. The summed E-state index contributed by atoms with van der Waals surface area (Å²) in [6.45, 7) is 4.01. The van der Waals surface area contributed by atoms with Crippen LogP contribution >= 0.6 is 0 Å². The molecule has 0 bridgehead atoms. The van der Waals surface area contributed by atoms with Crippen LogP contribution < -0.4 is 9.64 Å². The van der Waals surface area contributed by atoms with Gasteiger partial charge in [0, 0.05) is 38.8 Å². The second-order valence-corrected chi connectivity index (χ2v) is 10.4. The Hall–Kier alpha value is -2.29. The molecule has 4 fully saturated rings. The van der Waals surface area contributed by atoms with Crippen LogP contribution in [0.4, 0.5) is 18.9 Å². The first-order valence-corrected chi connectivity index (χ1v) is 13.0. The highest BCUT2D eigenvalue weighted by Gasteiger charge is 2.52. The van der Waals surface area contributed by atoms with E-state index in [1.54, 1.807) is 12.1 Å². The molecule has 1 aromatic rings. The molecule has 2 heterocycles. The lowest BCUT2D eigenvalue weighted by molar-refractivity contribution is -0.140. The minimum atomic E-state index is -1.66. The largest absolute Gasteiger partial charge is 0.488 e.